The molecular formula is C14H23NO3S. The summed E-state index contributed by atoms with van der Waals surface area (Å²) in [5.74, 6) is 0.260. The molecule has 1 aromatic carbocycles. The molecule has 0 heterocycles. The topological polar surface area (TPSA) is 66.4 Å². The second-order valence-electron chi connectivity index (χ2n) is 5.25. The predicted molar refractivity (Wildman–Crippen MR) is 77.6 cm³/mol. The molecule has 2 N–H and O–H groups in total. The Labute approximate surface area is 115 Å². The fraction of sp³-hybridized carbons (Fsp3) is 0.571. The van der Waals surface area contributed by atoms with Crippen LogP contribution in [0.1, 0.15) is 19.4 Å². The van der Waals surface area contributed by atoms with Gasteiger partial charge >= 0.3 is 0 Å². The van der Waals surface area contributed by atoms with Gasteiger partial charge in [0, 0.05) is 6.54 Å². The molecule has 108 valence electrons. The summed E-state index contributed by atoms with van der Waals surface area (Å²) < 4.78 is 23.8. The molecule has 1 aromatic rings. The molecule has 0 saturated heterocycles. The molecule has 0 saturated carbocycles. The summed E-state index contributed by atoms with van der Waals surface area (Å²) >= 11 is 0. The Morgan fingerprint density at radius 3 is 2.37 bits per heavy atom. The Hall–Kier alpha value is -0.910. The first-order chi connectivity index (χ1) is 8.89. The van der Waals surface area contributed by atoms with Crippen molar-refractivity contribution in [1.29, 1.82) is 0 Å². The van der Waals surface area contributed by atoms with Crippen LogP contribution in [-0.4, -0.2) is 38.5 Å². The lowest BCUT2D eigenvalue weighted by Gasteiger charge is -2.13. The summed E-state index contributed by atoms with van der Waals surface area (Å²) in [5.41, 5.74) is 0.754. The van der Waals surface area contributed by atoms with Crippen LogP contribution in [0.15, 0.2) is 30.3 Å². The smallest absolute Gasteiger partial charge is 0.157 e. The maximum atomic E-state index is 11.9. The molecule has 1 unspecified atom stereocenters. The minimum atomic E-state index is -3.27. The van der Waals surface area contributed by atoms with Crippen molar-refractivity contribution in [2.24, 2.45) is 5.92 Å². The van der Waals surface area contributed by atoms with Crippen LogP contribution in [0.25, 0.3) is 0 Å². The van der Waals surface area contributed by atoms with Crippen molar-refractivity contribution >= 4 is 9.84 Å². The van der Waals surface area contributed by atoms with E-state index in [1.807, 2.05) is 18.2 Å². The van der Waals surface area contributed by atoms with Crippen molar-refractivity contribution in [3.05, 3.63) is 35.9 Å². The quantitative estimate of drug-likeness (QED) is 0.753. The Kier molecular flexibility index (Phi) is 6.48. The molecule has 0 radical (unpaired) electrons. The normalized spacial score (nSPS) is 13.7. The zero-order chi connectivity index (χ0) is 14.3. The lowest BCUT2D eigenvalue weighted by molar-refractivity contribution is 0.192. The molecule has 0 aliphatic heterocycles. The lowest BCUT2D eigenvalue weighted by atomic mass is 10.2. The average Bonchev–Trinajstić information content (AvgIpc) is 2.28. The maximum Gasteiger partial charge on any atom is 0.157 e. The van der Waals surface area contributed by atoms with Crippen LogP contribution in [0.4, 0.5) is 0 Å². The third-order valence-electron chi connectivity index (χ3n) is 2.61. The van der Waals surface area contributed by atoms with Crippen LogP contribution in [-0.2, 0) is 15.6 Å². The van der Waals surface area contributed by atoms with Gasteiger partial charge in [0.05, 0.1) is 17.6 Å². The molecule has 4 nitrogen and oxygen atoms in total. The van der Waals surface area contributed by atoms with Crippen LogP contribution >= 0.6 is 0 Å². The van der Waals surface area contributed by atoms with Gasteiger partial charge in [-0.25, -0.2) is 8.42 Å². The van der Waals surface area contributed by atoms with Gasteiger partial charge in [-0.15, -0.1) is 0 Å². The standard InChI is InChI=1S/C14H23NO3S/c1-12(2)8-15-9-14(16)11-19(17,18)10-13-6-4-3-5-7-13/h3-7,12,14-16H,8-11H2,1-2H3. The zero-order valence-electron chi connectivity index (χ0n) is 11.5. The molecular weight excluding hydrogens is 262 g/mol. The van der Waals surface area contributed by atoms with E-state index in [2.05, 4.69) is 19.2 Å². The summed E-state index contributed by atoms with van der Waals surface area (Å²) in [6, 6.07) is 9.03. The number of hydrogen-bond acceptors (Lipinski definition) is 4. The first-order valence-electron chi connectivity index (χ1n) is 6.52. The van der Waals surface area contributed by atoms with Crippen LogP contribution in [0.2, 0.25) is 0 Å². The van der Waals surface area contributed by atoms with Crippen molar-refractivity contribution in [1.82, 2.24) is 5.32 Å². The maximum absolute atomic E-state index is 11.9. The zero-order valence-corrected chi connectivity index (χ0v) is 12.4. The van der Waals surface area contributed by atoms with E-state index in [9.17, 15) is 13.5 Å². The first-order valence-corrected chi connectivity index (χ1v) is 8.34. The van der Waals surface area contributed by atoms with Crippen LogP contribution in [0.5, 0.6) is 0 Å². The number of nitrogens with one attached hydrogen (secondary N) is 1. The van der Waals surface area contributed by atoms with Gasteiger partial charge in [-0.3, -0.25) is 0 Å². The van der Waals surface area contributed by atoms with Crippen molar-refractivity contribution in [3.63, 3.8) is 0 Å². The molecule has 0 aromatic heterocycles. The molecule has 1 rings (SSSR count). The third kappa shape index (κ3) is 7.30. The fourth-order valence-corrected chi connectivity index (χ4v) is 3.30. The molecule has 0 spiro atoms. The van der Waals surface area contributed by atoms with Crippen molar-refractivity contribution in [3.8, 4) is 0 Å². The lowest BCUT2D eigenvalue weighted by Crippen LogP contribution is -2.34. The van der Waals surface area contributed by atoms with Crippen LogP contribution < -0.4 is 5.32 Å². The Balaban J connectivity index is 2.42. The predicted octanol–water partition coefficient (Wildman–Crippen LogP) is 1.21. The van der Waals surface area contributed by atoms with E-state index in [1.54, 1.807) is 12.1 Å². The highest BCUT2D eigenvalue weighted by Crippen LogP contribution is 2.07. The van der Waals surface area contributed by atoms with Crippen LogP contribution in [0, 0.1) is 5.92 Å². The Morgan fingerprint density at radius 1 is 1.16 bits per heavy atom. The number of aliphatic hydroxyl groups is 1. The molecule has 5 heteroatoms. The number of benzene rings is 1. The van der Waals surface area contributed by atoms with E-state index < -0.39 is 15.9 Å². The minimum Gasteiger partial charge on any atom is -0.391 e. The van der Waals surface area contributed by atoms with E-state index >= 15 is 0 Å². The molecule has 0 fully saturated rings. The van der Waals surface area contributed by atoms with E-state index in [1.165, 1.54) is 0 Å². The molecule has 1 atom stereocenters. The highest BCUT2D eigenvalue weighted by atomic mass is 32.2. The second-order valence-corrected chi connectivity index (χ2v) is 7.36. The monoisotopic (exact) mass is 285 g/mol. The number of aliphatic hydroxyl groups excluding tert-OH is 1. The summed E-state index contributed by atoms with van der Waals surface area (Å²) in [5, 5.41) is 12.8. The summed E-state index contributed by atoms with van der Waals surface area (Å²) in [6.45, 7) is 5.21. The van der Waals surface area contributed by atoms with Crippen molar-refractivity contribution in [2.45, 2.75) is 25.7 Å². The van der Waals surface area contributed by atoms with E-state index in [4.69, 9.17) is 0 Å². The largest absolute Gasteiger partial charge is 0.391 e. The number of rotatable bonds is 8. The molecule has 0 amide bonds. The number of hydrogen-bond donors (Lipinski definition) is 2. The van der Waals surface area contributed by atoms with Gasteiger partial charge in [-0.2, -0.15) is 0 Å². The van der Waals surface area contributed by atoms with Crippen molar-refractivity contribution in [2.75, 3.05) is 18.8 Å². The summed E-state index contributed by atoms with van der Waals surface area (Å²) in [7, 11) is -3.27. The van der Waals surface area contributed by atoms with E-state index in [-0.39, 0.29) is 11.5 Å². The first kappa shape index (κ1) is 16.1. The van der Waals surface area contributed by atoms with Gasteiger partial charge in [0.15, 0.2) is 9.84 Å². The average molecular weight is 285 g/mol. The minimum absolute atomic E-state index is 0.0188. The highest BCUT2D eigenvalue weighted by molar-refractivity contribution is 7.90. The SMILES string of the molecule is CC(C)CNCC(O)CS(=O)(=O)Cc1ccccc1. The van der Waals surface area contributed by atoms with Gasteiger partial charge in [-0.1, -0.05) is 44.2 Å². The summed E-state index contributed by atoms with van der Waals surface area (Å²) in [4.78, 5) is 0. The highest BCUT2D eigenvalue weighted by Gasteiger charge is 2.17. The Morgan fingerprint density at radius 2 is 1.79 bits per heavy atom. The van der Waals surface area contributed by atoms with Gasteiger partial charge in [0.25, 0.3) is 0 Å². The molecule has 0 aliphatic rings. The van der Waals surface area contributed by atoms with Crippen molar-refractivity contribution < 1.29 is 13.5 Å². The second kappa shape index (κ2) is 7.62. The molecule has 19 heavy (non-hydrogen) atoms. The van der Waals surface area contributed by atoms with Gasteiger partial charge < -0.3 is 10.4 Å². The van der Waals surface area contributed by atoms with Gasteiger partial charge in [0.1, 0.15) is 0 Å². The summed E-state index contributed by atoms with van der Waals surface area (Å²) in [6.07, 6.45) is -0.854. The molecule has 0 bridgehead atoms. The van der Waals surface area contributed by atoms with E-state index in [0.717, 1.165) is 12.1 Å². The third-order valence-corrected chi connectivity index (χ3v) is 4.27. The molecule has 0 aliphatic carbocycles. The number of sulfone groups is 1. The fourth-order valence-electron chi connectivity index (χ4n) is 1.78. The Bertz CT molecular complexity index is 457. The van der Waals surface area contributed by atoms with Gasteiger partial charge in [0.2, 0.25) is 0 Å². The van der Waals surface area contributed by atoms with Crippen LogP contribution in [0.3, 0.4) is 0 Å². The van der Waals surface area contributed by atoms with E-state index in [0.29, 0.717) is 12.5 Å². The van der Waals surface area contributed by atoms with Gasteiger partial charge in [-0.05, 0) is 18.0 Å².